The molecule has 3 aromatic rings. The number of benzene rings is 1. The van der Waals surface area contributed by atoms with Crippen molar-refractivity contribution in [3.63, 3.8) is 0 Å². The molecule has 1 aliphatic heterocycles. The lowest BCUT2D eigenvalue weighted by Gasteiger charge is -2.19. The molecule has 9 heteroatoms. The van der Waals surface area contributed by atoms with Crippen molar-refractivity contribution in [3.05, 3.63) is 55.3 Å². The number of nitrogens with zero attached hydrogens (tertiary/aromatic N) is 4. The summed E-state index contributed by atoms with van der Waals surface area (Å²) in [5.41, 5.74) is 1.36. The first-order valence-corrected chi connectivity index (χ1v) is 10.6. The lowest BCUT2D eigenvalue weighted by Crippen LogP contribution is -2.26. The third-order valence-electron chi connectivity index (χ3n) is 4.64. The fraction of sp³-hybridized carbons (Fsp3) is 0.238. The number of amides is 2. The zero-order chi connectivity index (χ0) is 20.9. The summed E-state index contributed by atoms with van der Waals surface area (Å²) in [5, 5.41) is 11.9. The van der Waals surface area contributed by atoms with E-state index in [9.17, 15) is 9.59 Å². The molecule has 0 atom stereocenters. The molecule has 0 bridgehead atoms. The van der Waals surface area contributed by atoms with E-state index in [4.69, 9.17) is 4.42 Å². The standard InChI is InChI=1S/C21H21N5O3S/c1-2-11-26-20(17-9-6-13-29-17)23-24-21(26)30-14-18(27)22-15-7-3-4-8-16(15)25-12-5-10-19(25)28/h2-4,6-9,13H,1,5,10-12,14H2,(H,22,27). The number of aromatic nitrogens is 3. The zero-order valence-corrected chi connectivity index (χ0v) is 17.1. The van der Waals surface area contributed by atoms with E-state index in [2.05, 4.69) is 22.1 Å². The number of furan rings is 1. The molecule has 0 saturated carbocycles. The molecule has 2 aromatic heterocycles. The van der Waals surface area contributed by atoms with Crippen molar-refractivity contribution in [2.45, 2.75) is 24.5 Å². The normalized spacial score (nSPS) is 13.6. The minimum absolute atomic E-state index is 0.0778. The van der Waals surface area contributed by atoms with Gasteiger partial charge in [-0.3, -0.25) is 14.2 Å². The first-order valence-electron chi connectivity index (χ1n) is 9.57. The van der Waals surface area contributed by atoms with Crippen LogP contribution in [0.15, 0.2) is 64.9 Å². The first-order chi connectivity index (χ1) is 14.7. The van der Waals surface area contributed by atoms with Crippen LogP contribution in [0.3, 0.4) is 0 Å². The summed E-state index contributed by atoms with van der Waals surface area (Å²) in [6.07, 6.45) is 4.68. The van der Waals surface area contributed by atoms with E-state index in [-0.39, 0.29) is 17.6 Å². The number of para-hydroxylation sites is 2. The van der Waals surface area contributed by atoms with Crippen LogP contribution in [-0.4, -0.2) is 38.9 Å². The van der Waals surface area contributed by atoms with Gasteiger partial charge in [0.15, 0.2) is 10.9 Å². The first kappa shape index (κ1) is 20.0. The average molecular weight is 423 g/mol. The Hall–Kier alpha value is -3.33. The third kappa shape index (κ3) is 4.16. The van der Waals surface area contributed by atoms with Crippen molar-refractivity contribution in [2.75, 3.05) is 22.5 Å². The molecule has 8 nitrogen and oxygen atoms in total. The molecule has 30 heavy (non-hydrogen) atoms. The SMILES string of the molecule is C=CCn1c(SCC(=O)Nc2ccccc2N2CCCC2=O)nnc1-c1ccco1. The van der Waals surface area contributed by atoms with Gasteiger partial charge in [-0.2, -0.15) is 0 Å². The predicted octanol–water partition coefficient (Wildman–Crippen LogP) is 3.58. The van der Waals surface area contributed by atoms with Gasteiger partial charge in [-0.15, -0.1) is 16.8 Å². The van der Waals surface area contributed by atoms with Crippen molar-refractivity contribution < 1.29 is 14.0 Å². The Kier molecular flexibility index (Phi) is 5.99. The van der Waals surface area contributed by atoms with Crippen LogP contribution in [0.25, 0.3) is 11.6 Å². The molecule has 1 saturated heterocycles. The van der Waals surface area contributed by atoms with Crippen molar-refractivity contribution in [3.8, 4) is 11.6 Å². The minimum Gasteiger partial charge on any atom is -0.461 e. The maximum absolute atomic E-state index is 12.6. The van der Waals surface area contributed by atoms with Crippen molar-refractivity contribution >= 4 is 35.0 Å². The smallest absolute Gasteiger partial charge is 0.234 e. The highest BCUT2D eigenvalue weighted by Crippen LogP contribution is 2.30. The van der Waals surface area contributed by atoms with Crippen LogP contribution in [-0.2, 0) is 16.1 Å². The summed E-state index contributed by atoms with van der Waals surface area (Å²) in [6, 6.07) is 10.9. The van der Waals surface area contributed by atoms with Gasteiger partial charge < -0.3 is 14.6 Å². The Morgan fingerprint density at radius 3 is 2.87 bits per heavy atom. The molecule has 0 spiro atoms. The quantitative estimate of drug-likeness (QED) is 0.440. The van der Waals surface area contributed by atoms with Crippen LogP contribution in [0.4, 0.5) is 11.4 Å². The van der Waals surface area contributed by atoms with Gasteiger partial charge >= 0.3 is 0 Å². The number of carbonyl (C=O) groups excluding carboxylic acids is 2. The Balaban J connectivity index is 1.45. The van der Waals surface area contributed by atoms with Crippen LogP contribution in [0, 0.1) is 0 Å². The maximum atomic E-state index is 12.6. The largest absolute Gasteiger partial charge is 0.461 e. The van der Waals surface area contributed by atoms with Gasteiger partial charge in [0.2, 0.25) is 17.6 Å². The van der Waals surface area contributed by atoms with Gasteiger partial charge in [0.25, 0.3) is 0 Å². The monoisotopic (exact) mass is 423 g/mol. The second-order valence-electron chi connectivity index (χ2n) is 6.69. The molecule has 1 N–H and O–H groups in total. The molecule has 0 aliphatic carbocycles. The third-order valence-corrected chi connectivity index (χ3v) is 5.61. The summed E-state index contributed by atoms with van der Waals surface area (Å²) < 4.78 is 7.26. The fourth-order valence-electron chi connectivity index (χ4n) is 3.31. The molecular formula is C21H21N5O3S. The molecule has 1 aromatic carbocycles. The number of rotatable bonds is 8. The molecule has 154 valence electrons. The number of thioether (sulfide) groups is 1. The van der Waals surface area contributed by atoms with Crippen molar-refractivity contribution in [1.29, 1.82) is 0 Å². The number of carbonyl (C=O) groups is 2. The summed E-state index contributed by atoms with van der Waals surface area (Å²) in [5.74, 6) is 1.22. The highest BCUT2D eigenvalue weighted by atomic mass is 32.2. The number of nitrogens with one attached hydrogen (secondary N) is 1. The van der Waals surface area contributed by atoms with E-state index in [1.165, 1.54) is 11.8 Å². The van der Waals surface area contributed by atoms with Crippen LogP contribution in [0.2, 0.25) is 0 Å². The topological polar surface area (TPSA) is 93.3 Å². The molecule has 0 unspecified atom stereocenters. The van der Waals surface area contributed by atoms with E-state index in [1.54, 1.807) is 35.4 Å². The highest BCUT2D eigenvalue weighted by molar-refractivity contribution is 7.99. The zero-order valence-electron chi connectivity index (χ0n) is 16.3. The summed E-state index contributed by atoms with van der Waals surface area (Å²) in [4.78, 5) is 26.4. The molecular weight excluding hydrogens is 402 g/mol. The predicted molar refractivity (Wildman–Crippen MR) is 115 cm³/mol. The Bertz CT molecular complexity index is 1060. The van der Waals surface area contributed by atoms with E-state index >= 15 is 0 Å². The van der Waals surface area contributed by atoms with Crippen LogP contribution in [0.5, 0.6) is 0 Å². The molecule has 2 amide bonds. The number of anilines is 2. The van der Waals surface area contributed by atoms with Gasteiger partial charge in [-0.25, -0.2) is 0 Å². The van der Waals surface area contributed by atoms with E-state index in [1.807, 2.05) is 22.8 Å². The number of hydrogen-bond acceptors (Lipinski definition) is 6. The lowest BCUT2D eigenvalue weighted by molar-refractivity contribution is -0.117. The fourth-order valence-corrected chi connectivity index (χ4v) is 4.06. The van der Waals surface area contributed by atoms with Gasteiger partial charge in [-0.1, -0.05) is 30.0 Å². The van der Waals surface area contributed by atoms with Gasteiger partial charge in [0.05, 0.1) is 23.4 Å². The molecule has 1 aliphatic rings. The summed E-state index contributed by atoms with van der Waals surface area (Å²) >= 11 is 1.28. The van der Waals surface area contributed by atoms with Crippen LogP contribution in [0.1, 0.15) is 12.8 Å². The van der Waals surface area contributed by atoms with Gasteiger partial charge in [0, 0.05) is 19.5 Å². The van der Waals surface area contributed by atoms with E-state index < -0.39 is 0 Å². The van der Waals surface area contributed by atoms with E-state index in [0.717, 1.165) is 12.1 Å². The lowest BCUT2D eigenvalue weighted by atomic mass is 10.2. The molecule has 0 radical (unpaired) electrons. The Morgan fingerprint density at radius 1 is 1.27 bits per heavy atom. The Labute approximate surface area is 178 Å². The minimum atomic E-state index is -0.188. The number of hydrogen-bond donors (Lipinski definition) is 1. The maximum Gasteiger partial charge on any atom is 0.234 e. The van der Waals surface area contributed by atoms with Crippen molar-refractivity contribution in [2.24, 2.45) is 0 Å². The second kappa shape index (κ2) is 9.00. The number of allylic oxidation sites excluding steroid dienone is 1. The summed E-state index contributed by atoms with van der Waals surface area (Å²) in [7, 11) is 0. The van der Waals surface area contributed by atoms with Crippen LogP contribution < -0.4 is 10.2 Å². The van der Waals surface area contributed by atoms with E-state index in [0.29, 0.717) is 41.9 Å². The molecule has 1 fully saturated rings. The Morgan fingerprint density at radius 2 is 2.13 bits per heavy atom. The van der Waals surface area contributed by atoms with Gasteiger partial charge in [0.1, 0.15) is 0 Å². The highest BCUT2D eigenvalue weighted by Gasteiger charge is 2.24. The van der Waals surface area contributed by atoms with Crippen LogP contribution >= 0.6 is 11.8 Å². The second-order valence-corrected chi connectivity index (χ2v) is 7.63. The van der Waals surface area contributed by atoms with Crippen molar-refractivity contribution in [1.82, 2.24) is 14.8 Å². The van der Waals surface area contributed by atoms with Gasteiger partial charge in [-0.05, 0) is 30.7 Å². The summed E-state index contributed by atoms with van der Waals surface area (Å²) in [6.45, 7) is 4.94. The molecule has 3 heterocycles. The average Bonchev–Trinajstić information content (AvgIpc) is 3.49. The molecule has 4 rings (SSSR count).